The second-order valence-electron chi connectivity index (χ2n) is 6.50. The van der Waals surface area contributed by atoms with Crippen LogP contribution in [0, 0.1) is 11.6 Å². The molecule has 5 nitrogen and oxygen atoms in total. The van der Waals surface area contributed by atoms with E-state index in [9.17, 15) is 23.5 Å². The Kier molecular flexibility index (Phi) is 4.64. The van der Waals surface area contributed by atoms with Gasteiger partial charge in [-0.25, -0.2) is 13.6 Å². The lowest BCUT2D eigenvalue weighted by Crippen LogP contribution is -2.20. The molecule has 2 aromatic carbocycles. The molecule has 2 aromatic heterocycles. The van der Waals surface area contributed by atoms with E-state index in [1.165, 1.54) is 34.9 Å². The van der Waals surface area contributed by atoms with E-state index < -0.39 is 22.8 Å². The minimum absolute atomic E-state index is 0.000733. The molecule has 0 amide bonds. The Hall–Kier alpha value is -3.87. The van der Waals surface area contributed by atoms with Gasteiger partial charge in [0.1, 0.15) is 17.2 Å². The normalized spacial score (nSPS) is 11.0. The van der Waals surface area contributed by atoms with Crippen molar-refractivity contribution in [1.82, 2.24) is 9.55 Å². The maximum absolute atomic E-state index is 14.4. The summed E-state index contributed by atoms with van der Waals surface area (Å²) in [4.78, 5) is 28.1. The summed E-state index contributed by atoms with van der Waals surface area (Å²) in [6.07, 6.45) is 2.72. The molecule has 0 aliphatic rings. The van der Waals surface area contributed by atoms with Crippen LogP contribution in [0.5, 0.6) is 0 Å². The Morgan fingerprint density at radius 2 is 1.79 bits per heavy atom. The van der Waals surface area contributed by atoms with Gasteiger partial charge in [-0.15, -0.1) is 0 Å². The van der Waals surface area contributed by atoms with E-state index in [2.05, 4.69) is 4.98 Å². The van der Waals surface area contributed by atoms with Gasteiger partial charge in [0.05, 0.1) is 11.2 Å². The van der Waals surface area contributed by atoms with Gasteiger partial charge in [-0.1, -0.05) is 12.1 Å². The van der Waals surface area contributed by atoms with Crippen molar-refractivity contribution in [2.75, 3.05) is 0 Å². The third kappa shape index (κ3) is 3.50. The zero-order valence-corrected chi connectivity index (χ0v) is 15.0. The van der Waals surface area contributed by atoms with Crippen LogP contribution in [0.1, 0.15) is 15.9 Å². The fraction of sp³-hybridized carbons (Fsp3) is 0.0455. The number of hydrogen-bond acceptors (Lipinski definition) is 3. The van der Waals surface area contributed by atoms with E-state index in [4.69, 9.17) is 0 Å². The minimum Gasteiger partial charge on any atom is -0.477 e. The van der Waals surface area contributed by atoms with Gasteiger partial charge < -0.3 is 9.67 Å². The molecule has 4 rings (SSSR count). The highest BCUT2D eigenvalue weighted by molar-refractivity contribution is 5.92. The molecular formula is C22H14F2N2O3. The molecule has 7 heteroatoms. The van der Waals surface area contributed by atoms with Crippen molar-refractivity contribution >= 4 is 16.9 Å². The van der Waals surface area contributed by atoms with E-state index in [0.29, 0.717) is 11.3 Å². The molecule has 144 valence electrons. The zero-order valence-electron chi connectivity index (χ0n) is 15.0. The quantitative estimate of drug-likeness (QED) is 0.568. The second kappa shape index (κ2) is 7.27. The van der Waals surface area contributed by atoms with E-state index in [-0.39, 0.29) is 23.3 Å². The maximum atomic E-state index is 14.4. The molecule has 29 heavy (non-hydrogen) atoms. The SMILES string of the molecule is O=C(O)c1cn(Cc2ccc(-c3ccc(F)cc3)nc2)c2c(F)cccc2c1=O. The van der Waals surface area contributed by atoms with Gasteiger partial charge in [-0.3, -0.25) is 9.78 Å². The van der Waals surface area contributed by atoms with Crippen LogP contribution in [0.4, 0.5) is 8.78 Å². The lowest BCUT2D eigenvalue weighted by atomic mass is 10.1. The monoisotopic (exact) mass is 392 g/mol. The van der Waals surface area contributed by atoms with E-state index in [0.717, 1.165) is 11.8 Å². The number of halogens is 2. The fourth-order valence-corrected chi connectivity index (χ4v) is 3.20. The van der Waals surface area contributed by atoms with Gasteiger partial charge in [-0.05, 0) is 48.0 Å². The Morgan fingerprint density at radius 3 is 2.45 bits per heavy atom. The molecule has 0 fully saturated rings. The van der Waals surface area contributed by atoms with E-state index in [1.54, 1.807) is 30.5 Å². The van der Waals surface area contributed by atoms with Crippen LogP contribution in [0.25, 0.3) is 22.2 Å². The highest BCUT2D eigenvalue weighted by Crippen LogP contribution is 2.20. The van der Waals surface area contributed by atoms with Crippen molar-refractivity contribution in [3.8, 4) is 11.3 Å². The number of carboxylic acids is 1. The number of para-hydroxylation sites is 1. The van der Waals surface area contributed by atoms with Crippen molar-refractivity contribution in [3.63, 3.8) is 0 Å². The number of fused-ring (bicyclic) bond motifs is 1. The first kappa shape index (κ1) is 18.5. The fourth-order valence-electron chi connectivity index (χ4n) is 3.20. The molecule has 0 bridgehead atoms. The summed E-state index contributed by atoms with van der Waals surface area (Å²) in [5.41, 5.74) is 0.930. The topological polar surface area (TPSA) is 72.2 Å². The predicted molar refractivity (Wildman–Crippen MR) is 104 cm³/mol. The summed E-state index contributed by atoms with van der Waals surface area (Å²) < 4.78 is 28.9. The number of hydrogen-bond donors (Lipinski definition) is 1. The maximum Gasteiger partial charge on any atom is 0.341 e. The largest absolute Gasteiger partial charge is 0.477 e. The van der Waals surface area contributed by atoms with Gasteiger partial charge in [-0.2, -0.15) is 0 Å². The van der Waals surface area contributed by atoms with Crippen molar-refractivity contribution in [3.05, 3.63) is 100.0 Å². The summed E-state index contributed by atoms with van der Waals surface area (Å²) in [5, 5.41) is 9.32. The van der Waals surface area contributed by atoms with E-state index in [1.807, 2.05) is 0 Å². The number of aromatic carboxylic acids is 1. The van der Waals surface area contributed by atoms with Gasteiger partial charge in [0, 0.05) is 29.9 Å². The first-order chi connectivity index (χ1) is 13.9. The van der Waals surface area contributed by atoms with Crippen LogP contribution in [0.2, 0.25) is 0 Å². The number of carbonyl (C=O) groups is 1. The first-order valence-corrected chi connectivity index (χ1v) is 8.70. The van der Waals surface area contributed by atoms with Crippen LogP contribution < -0.4 is 5.43 Å². The molecule has 0 saturated carbocycles. The molecule has 0 spiro atoms. The Bertz CT molecular complexity index is 1280. The molecule has 0 unspecified atom stereocenters. The molecule has 2 heterocycles. The molecular weight excluding hydrogens is 378 g/mol. The van der Waals surface area contributed by atoms with Crippen molar-refractivity contribution in [2.24, 2.45) is 0 Å². The summed E-state index contributed by atoms with van der Waals surface area (Å²) in [5.74, 6) is -2.33. The average molecular weight is 392 g/mol. The summed E-state index contributed by atoms with van der Waals surface area (Å²) in [6.45, 7) is 0.120. The number of benzene rings is 2. The van der Waals surface area contributed by atoms with Crippen molar-refractivity contribution in [2.45, 2.75) is 6.54 Å². The molecule has 0 aliphatic carbocycles. The smallest absolute Gasteiger partial charge is 0.341 e. The molecule has 0 aliphatic heterocycles. The molecule has 0 radical (unpaired) electrons. The second-order valence-corrected chi connectivity index (χ2v) is 6.50. The highest BCUT2D eigenvalue weighted by Gasteiger charge is 2.17. The Labute approximate surface area is 163 Å². The summed E-state index contributed by atoms with van der Waals surface area (Å²) >= 11 is 0. The number of carboxylic acid groups (broad SMARTS) is 1. The average Bonchev–Trinajstić information content (AvgIpc) is 2.71. The Morgan fingerprint density at radius 1 is 1.03 bits per heavy atom. The molecule has 1 N–H and O–H groups in total. The number of rotatable bonds is 4. The van der Waals surface area contributed by atoms with Crippen LogP contribution in [-0.4, -0.2) is 20.6 Å². The number of pyridine rings is 2. The number of nitrogens with zero attached hydrogens (tertiary/aromatic N) is 2. The first-order valence-electron chi connectivity index (χ1n) is 8.70. The van der Waals surface area contributed by atoms with Crippen molar-refractivity contribution in [1.29, 1.82) is 0 Å². The standard InChI is InChI=1S/C22H14F2N2O3/c23-15-7-5-14(6-8-15)19-9-4-13(10-25-19)11-26-12-17(22(28)29)21(27)16-2-1-3-18(24)20(16)26/h1-10,12H,11H2,(H,28,29). The summed E-state index contributed by atoms with van der Waals surface area (Å²) in [6, 6.07) is 13.4. The minimum atomic E-state index is -1.38. The Balaban J connectivity index is 1.76. The predicted octanol–water partition coefficient (Wildman–Crippen LogP) is 4.09. The molecule has 4 aromatic rings. The van der Waals surface area contributed by atoms with Crippen molar-refractivity contribution < 1.29 is 18.7 Å². The third-order valence-corrected chi connectivity index (χ3v) is 4.60. The van der Waals surface area contributed by atoms with E-state index >= 15 is 0 Å². The van der Waals surface area contributed by atoms with Gasteiger partial charge in [0.2, 0.25) is 5.43 Å². The number of aromatic nitrogens is 2. The third-order valence-electron chi connectivity index (χ3n) is 4.60. The molecule has 0 atom stereocenters. The molecule has 0 saturated heterocycles. The lowest BCUT2D eigenvalue weighted by molar-refractivity contribution is 0.0695. The summed E-state index contributed by atoms with van der Waals surface area (Å²) in [7, 11) is 0. The van der Waals surface area contributed by atoms with Gasteiger partial charge in [0.15, 0.2) is 0 Å². The van der Waals surface area contributed by atoms with Crippen LogP contribution >= 0.6 is 0 Å². The zero-order chi connectivity index (χ0) is 20.5. The van der Waals surface area contributed by atoms with Crippen LogP contribution in [0.15, 0.2) is 71.8 Å². The van der Waals surface area contributed by atoms with Crippen LogP contribution in [0.3, 0.4) is 0 Å². The van der Waals surface area contributed by atoms with Gasteiger partial charge >= 0.3 is 5.97 Å². The van der Waals surface area contributed by atoms with Crippen LogP contribution in [-0.2, 0) is 6.54 Å². The van der Waals surface area contributed by atoms with Gasteiger partial charge in [0.25, 0.3) is 0 Å². The lowest BCUT2D eigenvalue weighted by Gasteiger charge is -2.13. The highest BCUT2D eigenvalue weighted by atomic mass is 19.1.